The molecule has 0 unspecified atom stereocenters. The molecule has 238 valence electrons. The first-order valence-electron chi connectivity index (χ1n) is 13.8. The second-order valence-corrected chi connectivity index (χ2v) is 13.8. The first kappa shape index (κ1) is 31.8. The average Bonchev–Trinajstić information content (AvgIpc) is 3.60. The molecule has 0 bridgehead atoms. The Hall–Kier alpha value is -3.61. The van der Waals surface area contributed by atoms with Crippen LogP contribution in [0.5, 0.6) is 0 Å². The van der Waals surface area contributed by atoms with Crippen LogP contribution in [-0.2, 0) is 10.0 Å². The summed E-state index contributed by atoms with van der Waals surface area (Å²) in [7, 11) is -3.86. The van der Waals surface area contributed by atoms with E-state index in [0.717, 1.165) is 16.2 Å². The lowest BCUT2D eigenvalue weighted by Crippen LogP contribution is -2.50. The number of thiazole rings is 1. The third kappa shape index (κ3) is 6.57. The van der Waals surface area contributed by atoms with Crippen LogP contribution in [0.15, 0.2) is 28.7 Å². The molecule has 3 aromatic rings. The zero-order valence-electron chi connectivity index (χ0n) is 23.8. The molecule has 0 aliphatic carbocycles. The van der Waals surface area contributed by atoms with Gasteiger partial charge in [0.05, 0.1) is 16.8 Å². The number of anilines is 2. The van der Waals surface area contributed by atoms with Gasteiger partial charge < -0.3 is 15.3 Å². The number of rotatable bonds is 8. The number of sulfonamides is 1. The van der Waals surface area contributed by atoms with Crippen molar-refractivity contribution in [3.63, 3.8) is 0 Å². The summed E-state index contributed by atoms with van der Waals surface area (Å²) in [5.74, 6) is -0.289. The van der Waals surface area contributed by atoms with Crippen molar-refractivity contribution in [1.29, 1.82) is 0 Å². The number of aryl methyl sites for hydroxylation is 1. The lowest BCUT2D eigenvalue weighted by molar-refractivity contribution is -0.169. The summed E-state index contributed by atoms with van der Waals surface area (Å²) in [5, 5.41) is 14.8. The fraction of sp³-hybridized carbons (Fsp3) is 0.500. The van der Waals surface area contributed by atoms with Crippen LogP contribution < -0.4 is 10.6 Å². The number of fused-ring (bicyclic) bond motifs is 1. The largest absolute Gasteiger partial charge is 0.465 e. The second kappa shape index (κ2) is 12.4. The molecule has 1 aromatic carbocycles. The van der Waals surface area contributed by atoms with E-state index in [2.05, 4.69) is 30.5 Å². The van der Waals surface area contributed by atoms with Gasteiger partial charge in [-0.25, -0.2) is 28.2 Å². The molecule has 3 N–H and O–H groups in total. The van der Waals surface area contributed by atoms with Gasteiger partial charge in [-0.1, -0.05) is 17.4 Å². The molecule has 2 aromatic heterocycles. The maximum Gasteiger partial charge on any atom is 0.410 e. The van der Waals surface area contributed by atoms with Crippen LogP contribution in [0.1, 0.15) is 35.8 Å². The minimum Gasteiger partial charge on any atom is -0.465 e. The molecule has 5 rings (SSSR count). The predicted octanol–water partition coefficient (Wildman–Crippen LogP) is 3.46. The number of carboxylic acid groups (broad SMARTS) is 1. The van der Waals surface area contributed by atoms with Crippen LogP contribution in [0, 0.1) is 6.92 Å². The number of carbonyl (C=O) groups excluding carboxylic acids is 1. The highest BCUT2D eigenvalue weighted by Gasteiger charge is 2.48. The molecule has 0 saturated carbocycles. The van der Waals surface area contributed by atoms with Crippen molar-refractivity contribution in [2.24, 2.45) is 0 Å². The Bertz CT molecular complexity index is 1660. The Labute approximate surface area is 255 Å². The number of nitrogens with one attached hydrogen (secondary N) is 2. The van der Waals surface area contributed by atoms with Crippen molar-refractivity contribution >= 4 is 55.2 Å². The zero-order chi connectivity index (χ0) is 31.8. The number of benzene rings is 1. The van der Waals surface area contributed by atoms with Crippen molar-refractivity contribution in [2.45, 2.75) is 49.2 Å². The molecule has 2 saturated heterocycles. The number of para-hydroxylation sites is 1. The highest BCUT2D eigenvalue weighted by atomic mass is 32.2. The molecule has 2 fully saturated rings. The van der Waals surface area contributed by atoms with E-state index < -0.39 is 34.2 Å². The van der Waals surface area contributed by atoms with Gasteiger partial charge in [-0.3, -0.25) is 15.0 Å². The van der Waals surface area contributed by atoms with E-state index >= 15 is 0 Å². The molecule has 0 radical (unpaired) electrons. The summed E-state index contributed by atoms with van der Waals surface area (Å²) < 4.78 is 68.4. The van der Waals surface area contributed by atoms with Crippen LogP contribution in [-0.4, -0.2) is 112 Å². The van der Waals surface area contributed by atoms with E-state index in [-0.39, 0.29) is 64.6 Å². The van der Waals surface area contributed by atoms with Gasteiger partial charge in [0.15, 0.2) is 9.34 Å². The number of likely N-dealkylation sites (tertiary alicyclic amines) is 1. The molecular formula is C26H31F3N8O5S2. The maximum atomic E-state index is 13.5. The van der Waals surface area contributed by atoms with Crippen molar-refractivity contribution in [3.05, 3.63) is 35.8 Å². The Kier molecular flexibility index (Phi) is 8.97. The van der Waals surface area contributed by atoms with Crippen LogP contribution in [0.4, 0.5) is 28.9 Å². The van der Waals surface area contributed by atoms with Gasteiger partial charge in [0.25, 0.3) is 15.9 Å². The minimum atomic E-state index is -4.51. The average molecular weight is 657 g/mol. The lowest BCUT2D eigenvalue weighted by atomic mass is 10.1. The van der Waals surface area contributed by atoms with Gasteiger partial charge in [0.1, 0.15) is 18.2 Å². The summed E-state index contributed by atoms with van der Waals surface area (Å²) in [4.78, 5) is 39.6. The number of amides is 2. The minimum absolute atomic E-state index is 0.00289. The summed E-state index contributed by atoms with van der Waals surface area (Å²) in [6.07, 6.45) is -4.43. The zero-order valence-corrected chi connectivity index (χ0v) is 25.5. The fourth-order valence-electron chi connectivity index (χ4n) is 5.58. The molecule has 44 heavy (non-hydrogen) atoms. The monoisotopic (exact) mass is 656 g/mol. The number of alkyl halides is 3. The van der Waals surface area contributed by atoms with Gasteiger partial charge in [0.2, 0.25) is 0 Å². The summed E-state index contributed by atoms with van der Waals surface area (Å²) in [5.41, 5.74) is 0.562. The van der Waals surface area contributed by atoms with E-state index in [0.29, 0.717) is 30.8 Å². The summed E-state index contributed by atoms with van der Waals surface area (Å²) >= 11 is 0.771. The van der Waals surface area contributed by atoms with Crippen molar-refractivity contribution in [1.82, 2.24) is 29.1 Å². The van der Waals surface area contributed by atoms with E-state index in [1.165, 1.54) is 23.6 Å². The van der Waals surface area contributed by atoms with Crippen LogP contribution in [0.3, 0.4) is 0 Å². The summed E-state index contributed by atoms with van der Waals surface area (Å²) in [6, 6.07) is 2.78. The highest BCUT2D eigenvalue weighted by molar-refractivity contribution is 7.91. The van der Waals surface area contributed by atoms with Gasteiger partial charge in [-0.05, 0) is 38.8 Å². The third-order valence-corrected chi connectivity index (χ3v) is 11.1. The Balaban J connectivity index is 1.23. The number of carbonyl (C=O) groups is 2. The molecular weight excluding hydrogens is 625 g/mol. The number of hydrogen-bond donors (Lipinski definition) is 3. The van der Waals surface area contributed by atoms with Crippen molar-refractivity contribution in [2.75, 3.05) is 49.9 Å². The number of nitrogens with zero attached hydrogens (tertiary/aromatic N) is 6. The van der Waals surface area contributed by atoms with Gasteiger partial charge in [-0.2, -0.15) is 17.5 Å². The quantitative estimate of drug-likeness (QED) is 0.328. The molecule has 13 nitrogen and oxygen atoms in total. The fourth-order valence-corrected chi connectivity index (χ4v) is 8.54. The first-order valence-corrected chi connectivity index (χ1v) is 16.1. The van der Waals surface area contributed by atoms with E-state index in [1.807, 2.05) is 6.92 Å². The highest BCUT2D eigenvalue weighted by Crippen LogP contribution is 2.35. The van der Waals surface area contributed by atoms with Crippen LogP contribution >= 0.6 is 11.3 Å². The number of aromatic nitrogens is 3. The maximum absolute atomic E-state index is 13.5. The Morgan fingerprint density at radius 1 is 1.16 bits per heavy atom. The predicted molar refractivity (Wildman–Crippen MR) is 156 cm³/mol. The molecule has 4 heterocycles. The standard InChI is InChI=1S/C26H31F3N8O5S2/c1-15(13-35-9-11-36(12-10-35)44(41,42)23-16(2)33-24(43-23)34-25(39)40)32-21-17-5-3-6-18(20(17)30-14-31-21)22(38)37-8-4-7-19(37)26(27,28)29/h3,5-6,14-15,19H,4,7-13H2,1-2H3,(H,33,34)(H,39,40)(H,30,31,32)/t15-,19+/m0/s1. The van der Waals surface area contributed by atoms with Crippen LogP contribution in [0.2, 0.25) is 0 Å². The number of piperazine rings is 1. The van der Waals surface area contributed by atoms with Crippen LogP contribution in [0.25, 0.3) is 10.9 Å². The smallest absolute Gasteiger partial charge is 0.410 e. The SMILES string of the molecule is Cc1nc(NC(=O)O)sc1S(=O)(=O)N1CCN(C[C@H](C)Nc2ncnc3c(C(=O)N4CCC[C@@H]4C(F)(F)F)cccc23)CC1. The topological polar surface area (TPSA) is 161 Å². The number of halogens is 3. The normalized spacial score (nSPS) is 19.3. The Morgan fingerprint density at radius 2 is 1.89 bits per heavy atom. The van der Waals surface area contributed by atoms with E-state index in [1.54, 1.807) is 12.1 Å². The van der Waals surface area contributed by atoms with Crippen molar-refractivity contribution in [3.8, 4) is 0 Å². The van der Waals surface area contributed by atoms with E-state index in [9.17, 15) is 31.2 Å². The van der Waals surface area contributed by atoms with Gasteiger partial charge >= 0.3 is 12.3 Å². The first-order chi connectivity index (χ1) is 20.8. The van der Waals surface area contributed by atoms with Gasteiger partial charge in [0, 0.05) is 50.7 Å². The second-order valence-electron chi connectivity index (χ2n) is 10.7. The Morgan fingerprint density at radius 3 is 2.57 bits per heavy atom. The molecule has 2 aliphatic rings. The number of hydrogen-bond acceptors (Lipinski definition) is 10. The molecule has 2 amide bonds. The lowest BCUT2D eigenvalue weighted by Gasteiger charge is -2.35. The van der Waals surface area contributed by atoms with Crippen molar-refractivity contribution < 1.29 is 36.3 Å². The molecule has 18 heteroatoms. The molecule has 2 aliphatic heterocycles. The summed E-state index contributed by atoms with van der Waals surface area (Å²) in [6.45, 7) is 5.34. The third-order valence-electron chi connectivity index (χ3n) is 7.58. The molecule has 0 spiro atoms. The van der Waals surface area contributed by atoms with E-state index in [4.69, 9.17) is 5.11 Å². The molecule has 2 atom stereocenters. The van der Waals surface area contributed by atoms with Gasteiger partial charge in [-0.15, -0.1) is 0 Å².